The van der Waals surface area contributed by atoms with Crippen LogP contribution in [0.25, 0.3) is 11.1 Å². The highest BCUT2D eigenvalue weighted by Crippen LogP contribution is 2.34. The molecule has 194 valence electrons. The van der Waals surface area contributed by atoms with Crippen LogP contribution in [0.2, 0.25) is 10.0 Å². The van der Waals surface area contributed by atoms with Gasteiger partial charge in [-0.1, -0.05) is 68.9 Å². The zero-order valence-electron chi connectivity index (χ0n) is 21.7. The zero-order valence-corrected chi connectivity index (χ0v) is 23.2. The predicted octanol–water partition coefficient (Wildman–Crippen LogP) is 8.91. The summed E-state index contributed by atoms with van der Waals surface area (Å²) in [6.07, 6.45) is 9.39. The molecule has 0 bridgehead atoms. The van der Waals surface area contributed by atoms with Crippen molar-refractivity contribution in [3.8, 4) is 11.1 Å². The molecule has 0 saturated heterocycles. The maximum Gasteiger partial charge on any atom is 0.133 e. The maximum absolute atomic E-state index is 13.0. The summed E-state index contributed by atoms with van der Waals surface area (Å²) in [6.45, 7) is 8.32. The van der Waals surface area contributed by atoms with E-state index < -0.39 is 0 Å². The number of nitrogens with zero attached hydrogens (tertiary/aromatic N) is 1. The number of carbonyl (C=O) groups is 1. The topological polar surface area (TPSA) is 45.8 Å². The number of aromatic amines is 1. The molecule has 4 rings (SSSR count). The molecular weight excluding hydrogens is 494 g/mol. The average molecular weight is 532 g/mol. The molecular formula is C30H37Cl2FN2O. The number of H-pyrrole nitrogens is 1. The minimum atomic E-state index is -0.286. The number of aryl methyl sites for hydroxylation is 1. The fourth-order valence-corrected chi connectivity index (χ4v) is 5.56. The van der Waals surface area contributed by atoms with E-state index in [1.165, 1.54) is 49.1 Å². The highest BCUT2D eigenvalue weighted by molar-refractivity contribution is 6.36. The van der Waals surface area contributed by atoms with Gasteiger partial charge in [-0.25, -0.2) is 4.39 Å². The number of ketones is 1. The van der Waals surface area contributed by atoms with E-state index in [4.69, 9.17) is 23.2 Å². The predicted molar refractivity (Wildman–Crippen MR) is 148 cm³/mol. The van der Waals surface area contributed by atoms with Crippen molar-refractivity contribution < 1.29 is 9.18 Å². The molecule has 1 heterocycles. The van der Waals surface area contributed by atoms with Gasteiger partial charge in [0.05, 0.1) is 6.20 Å². The van der Waals surface area contributed by atoms with Crippen molar-refractivity contribution >= 4 is 29.0 Å². The van der Waals surface area contributed by atoms with Crippen molar-refractivity contribution in [2.75, 3.05) is 0 Å². The first-order valence-electron chi connectivity index (χ1n) is 13.0. The molecule has 3 atom stereocenters. The third-order valence-electron chi connectivity index (χ3n) is 7.48. The van der Waals surface area contributed by atoms with Crippen molar-refractivity contribution in [3.63, 3.8) is 0 Å². The Bertz CT molecular complexity index is 1120. The van der Waals surface area contributed by atoms with Gasteiger partial charge in [0.1, 0.15) is 11.6 Å². The highest BCUT2D eigenvalue weighted by atomic mass is 35.5. The number of carbonyl (C=O) groups excluding carboxylic acids is 1. The third kappa shape index (κ3) is 7.43. The summed E-state index contributed by atoms with van der Waals surface area (Å²) in [5.74, 6) is 1.55. The Kier molecular flexibility index (Phi) is 10.6. The molecule has 0 amide bonds. The van der Waals surface area contributed by atoms with Gasteiger partial charge in [0.2, 0.25) is 0 Å². The number of halogens is 3. The number of hydrogen-bond donors (Lipinski definition) is 1. The van der Waals surface area contributed by atoms with E-state index in [0.29, 0.717) is 16.5 Å². The lowest BCUT2D eigenvalue weighted by molar-refractivity contribution is -0.120. The molecule has 1 aromatic heterocycles. The highest BCUT2D eigenvalue weighted by Gasteiger charge is 2.23. The molecule has 1 aliphatic carbocycles. The molecule has 36 heavy (non-hydrogen) atoms. The second-order valence-corrected chi connectivity index (χ2v) is 10.8. The number of hydrogen-bond acceptors (Lipinski definition) is 2. The molecule has 0 fully saturated rings. The van der Waals surface area contributed by atoms with Gasteiger partial charge in [-0.15, -0.1) is 0 Å². The van der Waals surface area contributed by atoms with Crippen molar-refractivity contribution in [2.24, 2.45) is 17.8 Å². The first-order chi connectivity index (χ1) is 17.2. The molecule has 3 nitrogen and oxygen atoms in total. The van der Waals surface area contributed by atoms with Crippen LogP contribution < -0.4 is 0 Å². The molecule has 0 radical (unpaired) electrons. The minimum absolute atomic E-state index is 0.0633. The van der Waals surface area contributed by atoms with Gasteiger partial charge in [0.25, 0.3) is 0 Å². The second kappa shape index (κ2) is 13.4. The van der Waals surface area contributed by atoms with E-state index in [-0.39, 0.29) is 17.5 Å². The van der Waals surface area contributed by atoms with Gasteiger partial charge >= 0.3 is 0 Å². The average Bonchev–Trinajstić information content (AvgIpc) is 3.33. The largest absolute Gasteiger partial charge is 0.300 e. The number of rotatable bonds is 8. The van der Waals surface area contributed by atoms with Gasteiger partial charge < -0.3 is 0 Å². The Hall–Kier alpha value is -2.17. The van der Waals surface area contributed by atoms with Crippen molar-refractivity contribution in [1.82, 2.24) is 10.2 Å². The molecule has 3 aromatic rings. The summed E-state index contributed by atoms with van der Waals surface area (Å²) < 4.78 is 13.0. The summed E-state index contributed by atoms with van der Waals surface area (Å²) in [4.78, 5) is 11.8. The number of fused-ring (bicyclic) bond motifs is 1. The number of aromatic nitrogens is 2. The van der Waals surface area contributed by atoms with Crippen LogP contribution in [0.15, 0.2) is 42.6 Å². The van der Waals surface area contributed by atoms with Crippen LogP contribution in [-0.2, 0) is 24.1 Å². The standard InChI is InChI=1S/C19H19Cl2FO.C11H18N2/c1-3-4-14(12(2)23)9-17-18(20)10-15(11-19(17)21)13-5-7-16(22)8-6-13;1-3-8(2)9-4-5-11-10(6-9)7-12-13-11/h5-8,10-11,14H,3-4,9H2,1-2H3;7-9H,3-6H2,1-2H3,(H,12,13)/t14-;/m0./s1. The molecule has 6 heteroatoms. The summed E-state index contributed by atoms with van der Waals surface area (Å²) in [6, 6.07) is 9.81. The van der Waals surface area contributed by atoms with Crippen LogP contribution in [0.4, 0.5) is 4.39 Å². The Morgan fingerprint density at radius 3 is 2.39 bits per heavy atom. The second-order valence-electron chi connectivity index (χ2n) is 9.99. The van der Waals surface area contributed by atoms with Gasteiger partial charge in [0, 0.05) is 21.7 Å². The zero-order chi connectivity index (χ0) is 26.2. The first-order valence-corrected chi connectivity index (χ1v) is 13.7. The van der Waals surface area contributed by atoms with E-state index >= 15 is 0 Å². The van der Waals surface area contributed by atoms with E-state index in [9.17, 15) is 9.18 Å². The number of nitrogens with one attached hydrogen (secondary N) is 1. The van der Waals surface area contributed by atoms with Crippen LogP contribution >= 0.6 is 23.2 Å². The van der Waals surface area contributed by atoms with Crippen LogP contribution in [-0.4, -0.2) is 16.0 Å². The van der Waals surface area contributed by atoms with E-state index in [1.807, 2.05) is 18.3 Å². The lowest BCUT2D eigenvalue weighted by Crippen LogP contribution is -2.19. The summed E-state index contributed by atoms with van der Waals surface area (Å²) in [5.41, 5.74) is 5.31. The fourth-order valence-electron chi connectivity index (χ4n) is 4.91. The molecule has 1 N–H and O–H groups in total. The third-order valence-corrected chi connectivity index (χ3v) is 8.16. The van der Waals surface area contributed by atoms with Gasteiger partial charge in [-0.3, -0.25) is 9.89 Å². The Balaban J connectivity index is 0.000000233. The molecule has 0 saturated carbocycles. The van der Waals surface area contributed by atoms with E-state index in [0.717, 1.165) is 41.4 Å². The lowest BCUT2D eigenvalue weighted by atomic mass is 9.79. The van der Waals surface area contributed by atoms with E-state index in [2.05, 4.69) is 31.0 Å². The molecule has 0 spiro atoms. The molecule has 2 unspecified atom stereocenters. The molecule has 0 aliphatic heterocycles. The lowest BCUT2D eigenvalue weighted by Gasteiger charge is -2.26. The Morgan fingerprint density at radius 2 is 1.81 bits per heavy atom. The number of Topliss-reactive ketones (excluding diaryl/α,β-unsaturated/α-hetero) is 1. The molecule has 2 aromatic carbocycles. The van der Waals surface area contributed by atoms with E-state index in [1.54, 1.807) is 19.1 Å². The van der Waals surface area contributed by atoms with Gasteiger partial charge in [0.15, 0.2) is 0 Å². The minimum Gasteiger partial charge on any atom is -0.300 e. The number of benzene rings is 2. The van der Waals surface area contributed by atoms with Crippen molar-refractivity contribution in [2.45, 2.75) is 72.6 Å². The summed E-state index contributed by atoms with van der Waals surface area (Å²) in [5, 5.41) is 8.27. The van der Waals surface area contributed by atoms with Crippen LogP contribution in [0.1, 0.15) is 70.2 Å². The SMILES string of the molecule is CCC(C)C1CCc2[nH]ncc2C1.CCC[C@@H](Cc1c(Cl)cc(-c2ccc(F)cc2)cc1Cl)C(C)=O. The van der Waals surface area contributed by atoms with Crippen molar-refractivity contribution in [1.29, 1.82) is 0 Å². The summed E-state index contributed by atoms with van der Waals surface area (Å²) in [7, 11) is 0. The fraction of sp³-hybridized carbons (Fsp3) is 0.467. The quantitative estimate of drug-likeness (QED) is 0.315. The normalized spacial score (nSPS) is 16.5. The van der Waals surface area contributed by atoms with Gasteiger partial charge in [-0.05, 0) is 97.4 Å². The summed E-state index contributed by atoms with van der Waals surface area (Å²) >= 11 is 12.8. The van der Waals surface area contributed by atoms with Gasteiger partial charge in [-0.2, -0.15) is 5.10 Å². The Morgan fingerprint density at radius 1 is 1.14 bits per heavy atom. The Labute approximate surface area is 224 Å². The smallest absolute Gasteiger partial charge is 0.133 e. The first kappa shape index (κ1) is 28.4. The van der Waals surface area contributed by atoms with Crippen molar-refractivity contribution in [3.05, 3.63) is 75.3 Å². The van der Waals surface area contributed by atoms with Crippen LogP contribution in [0.5, 0.6) is 0 Å². The van der Waals surface area contributed by atoms with Crippen LogP contribution in [0.3, 0.4) is 0 Å². The van der Waals surface area contributed by atoms with Crippen LogP contribution in [0, 0.1) is 23.6 Å². The monoisotopic (exact) mass is 530 g/mol. The maximum atomic E-state index is 13.0. The molecule has 1 aliphatic rings.